The Morgan fingerprint density at radius 3 is 2.83 bits per heavy atom. The lowest BCUT2D eigenvalue weighted by Gasteiger charge is -2.32. The highest BCUT2D eigenvalue weighted by Gasteiger charge is 2.29. The zero-order chi connectivity index (χ0) is 8.97. The van der Waals surface area contributed by atoms with E-state index in [1.54, 1.807) is 0 Å². The fourth-order valence-corrected chi connectivity index (χ4v) is 1.19. The molecular weight excluding hydrogens is 160 g/mol. The third-order valence-electron chi connectivity index (χ3n) is 1.91. The van der Waals surface area contributed by atoms with Gasteiger partial charge in [0.1, 0.15) is 12.2 Å². The molecule has 0 amide bonds. The van der Waals surface area contributed by atoms with E-state index in [4.69, 9.17) is 14.6 Å². The molecule has 72 valence electrons. The monoisotopic (exact) mass is 176 g/mol. The molecule has 1 aliphatic heterocycles. The summed E-state index contributed by atoms with van der Waals surface area (Å²) >= 11 is 0. The van der Waals surface area contributed by atoms with Crippen molar-refractivity contribution in [3.8, 4) is 0 Å². The first-order chi connectivity index (χ1) is 5.77. The molecule has 4 nitrogen and oxygen atoms in total. The van der Waals surface area contributed by atoms with Crippen LogP contribution in [0.1, 0.15) is 19.8 Å². The average Bonchev–Trinajstić information content (AvgIpc) is 2.09. The normalized spacial score (nSPS) is 36.8. The summed E-state index contributed by atoms with van der Waals surface area (Å²) in [6.45, 7) is 2.15. The molecule has 0 aromatic rings. The summed E-state index contributed by atoms with van der Waals surface area (Å²) in [6, 6.07) is 0. The molecule has 3 atom stereocenters. The molecule has 0 saturated carbocycles. The first kappa shape index (κ1) is 9.92. The van der Waals surface area contributed by atoms with E-state index in [2.05, 4.69) is 0 Å². The number of aliphatic hydroxyl groups is 2. The molecular formula is C8H16O4. The van der Waals surface area contributed by atoms with Crippen molar-refractivity contribution in [3.63, 3.8) is 0 Å². The van der Waals surface area contributed by atoms with E-state index in [0.29, 0.717) is 0 Å². The molecule has 12 heavy (non-hydrogen) atoms. The molecule has 4 heteroatoms. The fraction of sp³-hybridized carbons (Fsp3) is 1.00. The van der Waals surface area contributed by atoms with E-state index < -0.39 is 12.2 Å². The van der Waals surface area contributed by atoms with E-state index in [9.17, 15) is 5.11 Å². The molecule has 0 aromatic heterocycles. The van der Waals surface area contributed by atoms with Gasteiger partial charge in [0.15, 0.2) is 6.29 Å². The molecule has 1 saturated heterocycles. The number of hydrogen-bond donors (Lipinski definition) is 2. The minimum atomic E-state index is -0.692. The van der Waals surface area contributed by atoms with Gasteiger partial charge in [0.2, 0.25) is 0 Å². The first-order valence-electron chi connectivity index (χ1n) is 4.34. The van der Waals surface area contributed by atoms with Crippen LogP contribution in [-0.4, -0.2) is 41.9 Å². The maximum absolute atomic E-state index is 9.24. The van der Waals surface area contributed by atoms with Crippen LogP contribution >= 0.6 is 0 Å². The molecule has 1 heterocycles. The average molecular weight is 176 g/mol. The summed E-state index contributed by atoms with van der Waals surface area (Å²) in [6.07, 6.45) is 0.358. The van der Waals surface area contributed by atoms with E-state index in [1.165, 1.54) is 0 Å². The highest BCUT2D eigenvalue weighted by atomic mass is 16.7. The predicted octanol–water partition coefficient (Wildman–Crippen LogP) is -0.119. The van der Waals surface area contributed by atoms with Crippen LogP contribution < -0.4 is 0 Å². The second-order valence-electron chi connectivity index (χ2n) is 2.98. The quantitative estimate of drug-likeness (QED) is 0.629. The molecule has 0 aliphatic carbocycles. The van der Waals surface area contributed by atoms with Gasteiger partial charge in [0.05, 0.1) is 13.2 Å². The molecule has 0 aromatic carbocycles. The van der Waals surface area contributed by atoms with Crippen molar-refractivity contribution in [2.24, 2.45) is 0 Å². The van der Waals surface area contributed by atoms with Gasteiger partial charge >= 0.3 is 0 Å². The van der Waals surface area contributed by atoms with Crippen molar-refractivity contribution in [1.82, 2.24) is 0 Å². The molecule has 1 rings (SSSR count). The van der Waals surface area contributed by atoms with Gasteiger partial charge in [-0.2, -0.15) is 0 Å². The number of hydrogen-bond acceptors (Lipinski definition) is 4. The predicted molar refractivity (Wildman–Crippen MR) is 42.6 cm³/mol. The van der Waals surface area contributed by atoms with Crippen LogP contribution in [0, 0.1) is 0 Å². The van der Waals surface area contributed by atoms with Crippen LogP contribution in [0.25, 0.3) is 0 Å². The molecule has 0 spiro atoms. The third-order valence-corrected chi connectivity index (χ3v) is 1.91. The van der Waals surface area contributed by atoms with Crippen LogP contribution in [0.3, 0.4) is 0 Å². The molecule has 1 fully saturated rings. The lowest BCUT2D eigenvalue weighted by molar-refractivity contribution is -0.260. The minimum absolute atomic E-state index is 0.148. The summed E-state index contributed by atoms with van der Waals surface area (Å²) in [5.74, 6) is 0. The van der Waals surface area contributed by atoms with Gasteiger partial charge in [-0.05, 0) is 6.42 Å². The fourth-order valence-electron chi connectivity index (χ4n) is 1.19. The van der Waals surface area contributed by atoms with Crippen LogP contribution in [0.5, 0.6) is 0 Å². The Bertz CT molecular complexity index is 128. The summed E-state index contributed by atoms with van der Waals surface area (Å²) in [5.41, 5.74) is 0. The Hall–Kier alpha value is -0.160. The van der Waals surface area contributed by atoms with Crippen molar-refractivity contribution >= 4 is 0 Å². The van der Waals surface area contributed by atoms with Crippen LogP contribution in [0.15, 0.2) is 0 Å². The number of aliphatic hydroxyl groups excluding tert-OH is 2. The summed E-state index contributed by atoms with van der Waals surface area (Å²) in [4.78, 5) is 0. The summed E-state index contributed by atoms with van der Waals surface area (Å²) in [5, 5.41) is 18.1. The maximum Gasteiger partial charge on any atom is 0.158 e. The Kier molecular flexibility index (Phi) is 3.94. The molecule has 0 unspecified atom stereocenters. The van der Waals surface area contributed by atoms with E-state index in [-0.39, 0.29) is 19.5 Å². The van der Waals surface area contributed by atoms with Crippen molar-refractivity contribution in [3.05, 3.63) is 0 Å². The summed E-state index contributed by atoms with van der Waals surface area (Å²) in [7, 11) is 0. The highest BCUT2D eigenvalue weighted by Crippen LogP contribution is 2.16. The zero-order valence-electron chi connectivity index (χ0n) is 7.27. The van der Waals surface area contributed by atoms with E-state index >= 15 is 0 Å². The maximum atomic E-state index is 9.24. The smallest absolute Gasteiger partial charge is 0.158 e. The second-order valence-corrected chi connectivity index (χ2v) is 2.98. The van der Waals surface area contributed by atoms with Crippen molar-refractivity contribution in [2.45, 2.75) is 38.3 Å². The lowest BCUT2D eigenvalue weighted by Crippen LogP contribution is -2.45. The van der Waals surface area contributed by atoms with Gasteiger partial charge < -0.3 is 19.7 Å². The highest BCUT2D eigenvalue weighted by molar-refractivity contribution is 4.72. The van der Waals surface area contributed by atoms with Crippen molar-refractivity contribution < 1.29 is 19.7 Å². The second kappa shape index (κ2) is 4.77. The van der Waals surface area contributed by atoms with Gasteiger partial charge in [0, 0.05) is 0 Å². The largest absolute Gasteiger partial charge is 0.394 e. The Balaban J connectivity index is 2.33. The zero-order valence-corrected chi connectivity index (χ0v) is 7.27. The summed E-state index contributed by atoms with van der Waals surface area (Å²) < 4.78 is 10.4. The van der Waals surface area contributed by atoms with E-state index in [1.807, 2.05) is 6.92 Å². The van der Waals surface area contributed by atoms with Crippen LogP contribution in [0.4, 0.5) is 0 Å². The molecule has 0 radical (unpaired) electrons. The molecule has 0 bridgehead atoms. The number of ether oxygens (including phenoxy) is 2. The molecule has 1 aliphatic rings. The van der Waals surface area contributed by atoms with Crippen LogP contribution in [0.2, 0.25) is 0 Å². The third kappa shape index (κ3) is 2.42. The first-order valence-corrected chi connectivity index (χ1v) is 4.34. The van der Waals surface area contributed by atoms with Gasteiger partial charge in [0.25, 0.3) is 0 Å². The van der Waals surface area contributed by atoms with Gasteiger partial charge in [-0.15, -0.1) is 0 Å². The van der Waals surface area contributed by atoms with Crippen molar-refractivity contribution in [1.29, 1.82) is 0 Å². The van der Waals surface area contributed by atoms with Gasteiger partial charge in [-0.3, -0.25) is 0 Å². The Labute approximate surface area is 72.1 Å². The SMILES string of the molecule is CCC[C@@H]1OC[C@@H](O)[C@H](CO)O1. The standard InChI is InChI=1S/C8H16O4/c1-2-3-8-11-5-6(10)7(4-9)12-8/h6-10H,2-5H2,1H3/t6-,7+,8-/m1/s1. The van der Waals surface area contributed by atoms with Gasteiger partial charge in [-0.1, -0.05) is 13.3 Å². The Morgan fingerprint density at radius 1 is 1.50 bits per heavy atom. The minimum Gasteiger partial charge on any atom is -0.394 e. The van der Waals surface area contributed by atoms with E-state index in [0.717, 1.165) is 12.8 Å². The van der Waals surface area contributed by atoms with Crippen molar-refractivity contribution in [2.75, 3.05) is 13.2 Å². The topological polar surface area (TPSA) is 58.9 Å². The number of rotatable bonds is 3. The van der Waals surface area contributed by atoms with Gasteiger partial charge in [-0.25, -0.2) is 0 Å². The Morgan fingerprint density at radius 2 is 2.25 bits per heavy atom. The molecule has 2 N–H and O–H groups in total. The lowest BCUT2D eigenvalue weighted by atomic mass is 10.2. The van der Waals surface area contributed by atoms with Crippen LogP contribution in [-0.2, 0) is 9.47 Å².